The predicted octanol–water partition coefficient (Wildman–Crippen LogP) is 5.19. The van der Waals surface area contributed by atoms with Crippen molar-refractivity contribution in [2.24, 2.45) is 17.3 Å². The van der Waals surface area contributed by atoms with E-state index in [2.05, 4.69) is 36.4 Å². The van der Waals surface area contributed by atoms with E-state index in [1.807, 2.05) is 30.1 Å². The molecular formula is C26H31NO2. The van der Waals surface area contributed by atoms with Gasteiger partial charge < -0.3 is 9.64 Å². The van der Waals surface area contributed by atoms with Crippen molar-refractivity contribution >= 4 is 5.91 Å². The van der Waals surface area contributed by atoms with Crippen molar-refractivity contribution < 1.29 is 9.53 Å². The van der Waals surface area contributed by atoms with Crippen LogP contribution in [0.1, 0.15) is 49.7 Å². The van der Waals surface area contributed by atoms with Gasteiger partial charge in [0, 0.05) is 13.6 Å². The van der Waals surface area contributed by atoms with Crippen LogP contribution in [0.5, 0.6) is 5.75 Å². The molecule has 0 aromatic heterocycles. The Morgan fingerprint density at radius 3 is 2.45 bits per heavy atom. The lowest BCUT2D eigenvalue weighted by atomic mass is 9.42. The average molecular weight is 390 g/mol. The molecule has 2 aromatic rings. The molecule has 2 aromatic carbocycles. The molecule has 0 saturated heterocycles. The molecule has 3 heteroatoms. The van der Waals surface area contributed by atoms with Gasteiger partial charge in [-0.1, -0.05) is 42.5 Å². The number of hydrogen-bond acceptors (Lipinski definition) is 2. The maximum atomic E-state index is 13.8. The van der Waals surface area contributed by atoms with Crippen molar-refractivity contribution in [1.29, 1.82) is 0 Å². The van der Waals surface area contributed by atoms with Gasteiger partial charge in [-0.15, -0.1) is 0 Å². The molecule has 0 aliphatic heterocycles. The summed E-state index contributed by atoms with van der Waals surface area (Å²) in [5.74, 6) is 2.60. The van der Waals surface area contributed by atoms with Gasteiger partial charge in [0.2, 0.25) is 5.91 Å². The van der Waals surface area contributed by atoms with Crippen LogP contribution in [0.4, 0.5) is 0 Å². The fraction of sp³-hybridized carbons (Fsp3) is 0.500. The highest BCUT2D eigenvalue weighted by molar-refractivity contribution is 5.83. The predicted molar refractivity (Wildman–Crippen MR) is 115 cm³/mol. The Morgan fingerprint density at radius 1 is 1.03 bits per heavy atom. The van der Waals surface area contributed by atoms with Crippen LogP contribution in [0.25, 0.3) is 0 Å². The van der Waals surface area contributed by atoms with E-state index in [9.17, 15) is 4.79 Å². The van der Waals surface area contributed by atoms with E-state index < -0.39 is 0 Å². The zero-order chi connectivity index (χ0) is 20.1. The molecule has 0 spiro atoms. The molecule has 0 N–H and O–H groups in total. The number of nitrogens with zero attached hydrogens (tertiary/aromatic N) is 1. The summed E-state index contributed by atoms with van der Waals surface area (Å²) >= 11 is 0. The van der Waals surface area contributed by atoms with Crippen LogP contribution in [0, 0.1) is 17.3 Å². The number of benzene rings is 2. The normalized spacial score (nSPS) is 32.2. The van der Waals surface area contributed by atoms with Gasteiger partial charge in [0.1, 0.15) is 5.75 Å². The minimum absolute atomic E-state index is 0.173. The summed E-state index contributed by atoms with van der Waals surface area (Å²) in [5.41, 5.74) is 2.62. The van der Waals surface area contributed by atoms with Crippen LogP contribution in [0.2, 0.25) is 0 Å². The van der Waals surface area contributed by atoms with Crippen LogP contribution < -0.4 is 4.74 Å². The lowest BCUT2D eigenvalue weighted by molar-refractivity contribution is -0.159. The van der Waals surface area contributed by atoms with E-state index in [1.165, 1.54) is 24.8 Å². The third-order valence-electron chi connectivity index (χ3n) is 7.80. The summed E-state index contributed by atoms with van der Waals surface area (Å²) in [6.07, 6.45) is 7.05. The average Bonchev–Trinajstić information content (AvgIpc) is 2.73. The topological polar surface area (TPSA) is 29.5 Å². The molecule has 1 amide bonds. The van der Waals surface area contributed by atoms with Gasteiger partial charge >= 0.3 is 0 Å². The van der Waals surface area contributed by atoms with Crippen molar-refractivity contribution in [3.05, 3.63) is 65.7 Å². The summed E-state index contributed by atoms with van der Waals surface area (Å²) in [5, 5.41) is 0. The van der Waals surface area contributed by atoms with Crippen molar-refractivity contribution in [3.63, 3.8) is 0 Å². The zero-order valence-corrected chi connectivity index (χ0v) is 17.6. The lowest BCUT2D eigenvalue weighted by Crippen LogP contribution is -2.59. The van der Waals surface area contributed by atoms with Gasteiger partial charge in [-0.05, 0) is 79.0 Å². The first kappa shape index (κ1) is 18.7. The molecule has 4 fully saturated rings. The van der Waals surface area contributed by atoms with E-state index in [-0.39, 0.29) is 10.8 Å². The molecule has 152 valence electrons. The number of carbonyl (C=O) groups is 1. The smallest absolute Gasteiger partial charge is 0.228 e. The Bertz CT molecular complexity index is 892. The fourth-order valence-corrected chi connectivity index (χ4v) is 7.16. The van der Waals surface area contributed by atoms with Crippen LogP contribution in [0.3, 0.4) is 0 Å². The van der Waals surface area contributed by atoms with Crippen molar-refractivity contribution in [2.75, 3.05) is 14.2 Å². The van der Waals surface area contributed by atoms with Gasteiger partial charge in [0.15, 0.2) is 0 Å². The maximum absolute atomic E-state index is 13.8. The van der Waals surface area contributed by atoms with Gasteiger partial charge in [0.05, 0.1) is 12.5 Å². The summed E-state index contributed by atoms with van der Waals surface area (Å²) in [6, 6.07) is 19.1. The zero-order valence-electron chi connectivity index (χ0n) is 17.6. The Morgan fingerprint density at radius 2 is 1.76 bits per heavy atom. The highest BCUT2D eigenvalue weighted by atomic mass is 16.5. The maximum Gasteiger partial charge on any atom is 0.228 e. The fourth-order valence-electron chi connectivity index (χ4n) is 7.16. The third kappa shape index (κ3) is 3.15. The van der Waals surface area contributed by atoms with E-state index in [4.69, 9.17) is 4.74 Å². The number of ether oxygens (including phenoxy) is 1. The Labute approximate surface area is 174 Å². The molecular weight excluding hydrogens is 358 g/mol. The van der Waals surface area contributed by atoms with Crippen LogP contribution in [-0.2, 0) is 16.8 Å². The number of methoxy groups -OCH3 is 1. The number of rotatable bonds is 5. The molecule has 4 aliphatic carbocycles. The second-order valence-corrected chi connectivity index (χ2v) is 9.90. The minimum Gasteiger partial charge on any atom is -0.497 e. The molecule has 0 heterocycles. The molecule has 4 saturated carbocycles. The lowest BCUT2D eigenvalue weighted by Gasteiger charge is -2.62. The SMILES string of the molecule is COc1cccc(CN(C)C(=O)C23CC4CC(C2)CC(c2ccccc2)(C4)C3)c1. The first-order valence-electron chi connectivity index (χ1n) is 11.0. The minimum atomic E-state index is -0.173. The van der Waals surface area contributed by atoms with Crippen molar-refractivity contribution in [3.8, 4) is 5.75 Å². The number of amides is 1. The number of hydrogen-bond donors (Lipinski definition) is 0. The molecule has 3 nitrogen and oxygen atoms in total. The molecule has 2 unspecified atom stereocenters. The summed E-state index contributed by atoms with van der Waals surface area (Å²) in [6.45, 7) is 0.644. The summed E-state index contributed by atoms with van der Waals surface area (Å²) in [4.78, 5) is 15.8. The van der Waals surface area contributed by atoms with Gasteiger partial charge in [-0.25, -0.2) is 0 Å². The summed E-state index contributed by atoms with van der Waals surface area (Å²) < 4.78 is 5.36. The first-order valence-corrected chi connectivity index (χ1v) is 11.0. The number of carbonyl (C=O) groups excluding carboxylic acids is 1. The molecule has 4 bridgehead atoms. The Kier molecular flexibility index (Phi) is 4.45. The second-order valence-electron chi connectivity index (χ2n) is 9.90. The molecule has 0 radical (unpaired) electrons. The van der Waals surface area contributed by atoms with E-state index in [0.717, 1.165) is 30.6 Å². The van der Waals surface area contributed by atoms with Gasteiger partial charge in [0.25, 0.3) is 0 Å². The molecule has 4 aliphatic rings. The van der Waals surface area contributed by atoms with Gasteiger partial charge in [-0.2, -0.15) is 0 Å². The molecule has 29 heavy (non-hydrogen) atoms. The van der Waals surface area contributed by atoms with Crippen LogP contribution in [-0.4, -0.2) is 25.0 Å². The standard InChI is InChI=1S/C26H31NO2/c1-27(17-19-7-6-10-23(12-19)29-2)24(28)26-15-20-11-21(16-26)14-25(13-20,18-26)22-8-4-3-5-9-22/h3-10,12,20-21H,11,13-18H2,1-2H3. The van der Waals surface area contributed by atoms with Gasteiger partial charge in [-0.3, -0.25) is 4.79 Å². The monoisotopic (exact) mass is 389 g/mol. The van der Waals surface area contributed by atoms with Crippen LogP contribution >= 0.6 is 0 Å². The molecule has 2 atom stereocenters. The van der Waals surface area contributed by atoms with E-state index in [0.29, 0.717) is 24.3 Å². The van der Waals surface area contributed by atoms with Crippen molar-refractivity contribution in [1.82, 2.24) is 4.90 Å². The highest BCUT2D eigenvalue weighted by Crippen LogP contribution is 2.66. The second kappa shape index (κ2) is 6.90. The Hall–Kier alpha value is -2.29. The van der Waals surface area contributed by atoms with Crippen molar-refractivity contribution in [2.45, 2.75) is 50.5 Å². The molecule has 6 rings (SSSR count). The van der Waals surface area contributed by atoms with E-state index in [1.54, 1.807) is 7.11 Å². The highest BCUT2D eigenvalue weighted by Gasteiger charge is 2.61. The quantitative estimate of drug-likeness (QED) is 0.704. The third-order valence-corrected chi connectivity index (χ3v) is 7.80. The van der Waals surface area contributed by atoms with E-state index >= 15 is 0 Å². The first-order chi connectivity index (χ1) is 14.0. The Balaban J connectivity index is 1.41. The van der Waals surface area contributed by atoms with Crippen LogP contribution in [0.15, 0.2) is 54.6 Å². The summed E-state index contributed by atoms with van der Waals surface area (Å²) in [7, 11) is 3.67. The largest absolute Gasteiger partial charge is 0.497 e.